The van der Waals surface area contributed by atoms with Crippen LogP contribution in [-0.2, 0) is 4.74 Å². The van der Waals surface area contributed by atoms with Crippen molar-refractivity contribution in [1.82, 2.24) is 0 Å². The lowest BCUT2D eigenvalue weighted by Gasteiger charge is -2.06. The van der Waals surface area contributed by atoms with Gasteiger partial charge in [0.1, 0.15) is 11.5 Å². The van der Waals surface area contributed by atoms with Crippen LogP contribution in [0.2, 0.25) is 0 Å². The van der Waals surface area contributed by atoms with Crippen LogP contribution in [0.15, 0.2) is 48.2 Å². The summed E-state index contributed by atoms with van der Waals surface area (Å²) in [5.74, 6) is 0.726. The number of Topliss-reactive ketones (excluding diaryl/α,β-unsaturated/α-hetero) is 1. The van der Waals surface area contributed by atoms with E-state index in [1.54, 1.807) is 18.2 Å². The number of rotatable bonds is 7. The van der Waals surface area contributed by atoms with Crippen molar-refractivity contribution >= 4 is 17.8 Å². The molecule has 0 amide bonds. The molecule has 0 bridgehead atoms. The standard InChI is InChI=1S/C22H22O5/c1-3-4-5-12-26-17-9-6-15(7-10-17)13-20-21(23)18-14-16(22(24)25-2)8-11-19(18)27-20/h6-11,13-14H,3-5,12H2,1-2H3/b20-13-. The molecule has 0 saturated carbocycles. The molecule has 5 nitrogen and oxygen atoms in total. The molecule has 5 heteroatoms. The summed E-state index contributed by atoms with van der Waals surface area (Å²) in [4.78, 5) is 24.2. The Balaban J connectivity index is 1.70. The number of methoxy groups -OCH3 is 1. The van der Waals surface area contributed by atoms with Crippen LogP contribution in [0.3, 0.4) is 0 Å². The summed E-state index contributed by atoms with van der Waals surface area (Å²) in [7, 11) is 1.30. The van der Waals surface area contributed by atoms with Gasteiger partial charge >= 0.3 is 5.97 Å². The number of unbranched alkanes of at least 4 members (excludes halogenated alkanes) is 2. The fraction of sp³-hybridized carbons (Fsp3) is 0.273. The maximum absolute atomic E-state index is 12.6. The Morgan fingerprint density at radius 1 is 1.11 bits per heavy atom. The molecule has 0 atom stereocenters. The van der Waals surface area contributed by atoms with E-state index in [4.69, 9.17) is 9.47 Å². The third-order valence-electron chi connectivity index (χ3n) is 4.28. The number of carbonyl (C=O) groups is 2. The highest BCUT2D eigenvalue weighted by atomic mass is 16.5. The zero-order chi connectivity index (χ0) is 19.2. The minimum atomic E-state index is -0.488. The summed E-state index contributed by atoms with van der Waals surface area (Å²) >= 11 is 0. The second kappa shape index (κ2) is 8.54. The van der Waals surface area contributed by atoms with E-state index in [2.05, 4.69) is 11.7 Å². The Morgan fingerprint density at radius 3 is 2.59 bits per heavy atom. The highest BCUT2D eigenvalue weighted by Gasteiger charge is 2.28. The quantitative estimate of drug-likeness (QED) is 0.405. The summed E-state index contributed by atoms with van der Waals surface area (Å²) in [5, 5.41) is 0. The minimum Gasteiger partial charge on any atom is -0.494 e. The van der Waals surface area contributed by atoms with Gasteiger partial charge in [0.2, 0.25) is 5.78 Å². The Labute approximate surface area is 158 Å². The molecule has 0 saturated heterocycles. The highest BCUT2D eigenvalue weighted by Crippen LogP contribution is 2.32. The van der Waals surface area contributed by atoms with Crippen LogP contribution in [0.1, 0.15) is 52.5 Å². The lowest BCUT2D eigenvalue weighted by Crippen LogP contribution is -2.03. The number of carbonyl (C=O) groups excluding carboxylic acids is 2. The molecular formula is C22H22O5. The molecule has 0 N–H and O–H groups in total. The SMILES string of the molecule is CCCCCOc1ccc(/C=C2\Oc3ccc(C(=O)OC)cc3C2=O)cc1. The van der Waals surface area contributed by atoms with Gasteiger partial charge in [-0.2, -0.15) is 0 Å². The third-order valence-corrected chi connectivity index (χ3v) is 4.28. The van der Waals surface area contributed by atoms with Gasteiger partial charge in [-0.05, 0) is 48.4 Å². The number of fused-ring (bicyclic) bond motifs is 1. The first-order valence-electron chi connectivity index (χ1n) is 9.02. The van der Waals surface area contributed by atoms with Crippen molar-refractivity contribution in [1.29, 1.82) is 0 Å². The number of hydrogen-bond acceptors (Lipinski definition) is 5. The van der Waals surface area contributed by atoms with E-state index in [0.29, 0.717) is 23.5 Å². The van der Waals surface area contributed by atoms with Gasteiger partial charge in [0.05, 0.1) is 24.8 Å². The van der Waals surface area contributed by atoms with E-state index >= 15 is 0 Å². The molecule has 140 valence electrons. The maximum atomic E-state index is 12.6. The van der Waals surface area contributed by atoms with Gasteiger partial charge in [-0.15, -0.1) is 0 Å². The monoisotopic (exact) mass is 366 g/mol. The Kier molecular flexibility index (Phi) is 5.91. The Morgan fingerprint density at radius 2 is 1.89 bits per heavy atom. The van der Waals surface area contributed by atoms with Crippen molar-refractivity contribution in [3.63, 3.8) is 0 Å². The fourth-order valence-electron chi connectivity index (χ4n) is 2.79. The van der Waals surface area contributed by atoms with Gasteiger partial charge in [-0.3, -0.25) is 4.79 Å². The van der Waals surface area contributed by atoms with Crippen molar-refractivity contribution in [3.8, 4) is 11.5 Å². The molecule has 2 aromatic carbocycles. The van der Waals surface area contributed by atoms with Crippen LogP contribution >= 0.6 is 0 Å². The zero-order valence-electron chi connectivity index (χ0n) is 15.5. The molecule has 27 heavy (non-hydrogen) atoms. The van der Waals surface area contributed by atoms with Crippen LogP contribution in [0.4, 0.5) is 0 Å². The first-order chi connectivity index (χ1) is 13.1. The minimum absolute atomic E-state index is 0.226. The topological polar surface area (TPSA) is 61.8 Å². The average Bonchev–Trinajstić information content (AvgIpc) is 3.01. The summed E-state index contributed by atoms with van der Waals surface area (Å²) < 4.78 is 16.0. The van der Waals surface area contributed by atoms with Crippen molar-refractivity contribution in [3.05, 3.63) is 64.9 Å². The number of esters is 1. The second-order valence-corrected chi connectivity index (χ2v) is 6.27. The van der Waals surface area contributed by atoms with E-state index < -0.39 is 5.97 Å². The summed E-state index contributed by atoms with van der Waals surface area (Å²) in [6.45, 7) is 2.86. The maximum Gasteiger partial charge on any atom is 0.337 e. The smallest absolute Gasteiger partial charge is 0.337 e. The predicted molar refractivity (Wildman–Crippen MR) is 102 cm³/mol. The van der Waals surface area contributed by atoms with Crippen LogP contribution in [0, 0.1) is 0 Å². The summed E-state index contributed by atoms with van der Waals surface area (Å²) in [6.07, 6.45) is 5.03. The van der Waals surface area contributed by atoms with Gasteiger partial charge in [0.15, 0.2) is 5.76 Å². The van der Waals surface area contributed by atoms with Crippen LogP contribution in [0.5, 0.6) is 11.5 Å². The first kappa shape index (κ1) is 18.7. The van der Waals surface area contributed by atoms with Gasteiger partial charge < -0.3 is 14.2 Å². The number of ketones is 1. The molecule has 0 unspecified atom stereocenters. The predicted octanol–water partition coefficient (Wildman–Crippen LogP) is 4.66. The first-order valence-corrected chi connectivity index (χ1v) is 9.02. The zero-order valence-corrected chi connectivity index (χ0v) is 15.5. The number of ether oxygens (including phenoxy) is 3. The van der Waals surface area contributed by atoms with E-state index in [9.17, 15) is 9.59 Å². The van der Waals surface area contributed by atoms with Gasteiger partial charge in [0, 0.05) is 0 Å². The van der Waals surface area contributed by atoms with E-state index in [1.165, 1.54) is 13.2 Å². The van der Waals surface area contributed by atoms with E-state index in [1.807, 2.05) is 24.3 Å². The van der Waals surface area contributed by atoms with Crippen molar-refractivity contribution in [2.45, 2.75) is 26.2 Å². The lowest BCUT2D eigenvalue weighted by atomic mass is 10.1. The van der Waals surface area contributed by atoms with Gasteiger partial charge in [0.25, 0.3) is 0 Å². The third kappa shape index (κ3) is 4.37. The van der Waals surface area contributed by atoms with E-state index in [0.717, 1.165) is 30.6 Å². The lowest BCUT2D eigenvalue weighted by molar-refractivity contribution is 0.0600. The molecule has 2 aromatic rings. The molecule has 0 radical (unpaired) electrons. The van der Waals surface area contributed by atoms with Gasteiger partial charge in [-0.25, -0.2) is 4.79 Å². The number of allylic oxidation sites excluding steroid dienone is 1. The van der Waals surface area contributed by atoms with Crippen molar-refractivity contribution < 1.29 is 23.8 Å². The van der Waals surface area contributed by atoms with Crippen LogP contribution in [-0.4, -0.2) is 25.5 Å². The molecular weight excluding hydrogens is 344 g/mol. The summed E-state index contributed by atoms with van der Waals surface area (Å²) in [6, 6.07) is 12.2. The Hall–Kier alpha value is -3.08. The largest absolute Gasteiger partial charge is 0.494 e. The van der Waals surface area contributed by atoms with E-state index in [-0.39, 0.29) is 11.5 Å². The van der Waals surface area contributed by atoms with Crippen LogP contribution in [0.25, 0.3) is 6.08 Å². The molecule has 1 heterocycles. The molecule has 0 fully saturated rings. The molecule has 0 aliphatic carbocycles. The molecule has 1 aliphatic rings. The highest BCUT2D eigenvalue weighted by molar-refractivity contribution is 6.15. The summed E-state index contributed by atoms with van der Waals surface area (Å²) in [5.41, 5.74) is 1.51. The molecule has 0 aromatic heterocycles. The van der Waals surface area contributed by atoms with Crippen molar-refractivity contribution in [2.75, 3.05) is 13.7 Å². The normalized spacial score (nSPS) is 14.0. The number of hydrogen-bond donors (Lipinski definition) is 0. The van der Waals surface area contributed by atoms with Crippen LogP contribution < -0.4 is 9.47 Å². The second-order valence-electron chi connectivity index (χ2n) is 6.27. The fourth-order valence-corrected chi connectivity index (χ4v) is 2.79. The average molecular weight is 366 g/mol. The van der Waals surface area contributed by atoms with Gasteiger partial charge in [-0.1, -0.05) is 31.9 Å². The molecule has 0 spiro atoms. The molecule has 3 rings (SSSR count). The van der Waals surface area contributed by atoms with Crippen molar-refractivity contribution in [2.24, 2.45) is 0 Å². The number of benzene rings is 2. The molecule has 1 aliphatic heterocycles. The Bertz CT molecular complexity index is 865.